The van der Waals surface area contributed by atoms with Crippen molar-refractivity contribution in [1.82, 2.24) is 15.0 Å². The summed E-state index contributed by atoms with van der Waals surface area (Å²) in [5, 5.41) is 17.8. The van der Waals surface area contributed by atoms with Crippen LogP contribution in [0.5, 0.6) is 0 Å². The highest BCUT2D eigenvalue weighted by molar-refractivity contribution is 7.18. The molecule has 1 aliphatic carbocycles. The number of nitrogens with zero attached hydrogens (tertiary/aromatic N) is 4. The minimum absolute atomic E-state index is 0.175. The van der Waals surface area contributed by atoms with Gasteiger partial charge in [0.1, 0.15) is 18.4 Å². The molecule has 1 N–H and O–H groups in total. The van der Waals surface area contributed by atoms with Gasteiger partial charge in [-0.1, -0.05) is 85.4 Å². The molecule has 45 heavy (non-hydrogen) atoms. The molecule has 1 atom stereocenters. The van der Waals surface area contributed by atoms with E-state index in [1.807, 2.05) is 18.2 Å². The Kier molecular flexibility index (Phi) is 11.9. The predicted octanol–water partition coefficient (Wildman–Crippen LogP) is 8.38. The predicted molar refractivity (Wildman–Crippen MR) is 173 cm³/mol. The van der Waals surface area contributed by atoms with Crippen molar-refractivity contribution in [2.24, 2.45) is 5.16 Å². The van der Waals surface area contributed by atoms with Gasteiger partial charge in [-0.25, -0.2) is 4.98 Å². The van der Waals surface area contributed by atoms with Crippen molar-refractivity contribution in [3.63, 3.8) is 0 Å². The lowest BCUT2D eigenvalue weighted by Gasteiger charge is -2.29. The van der Waals surface area contributed by atoms with Gasteiger partial charge in [-0.2, -0.15) is 13.2 Å². The average Bonchev–Trinajstić information content (AvgIpc) is 3.71. The lowest BCUT2D eigenvalue weighted by molar-refractivity contribution is -0.136. The Balaban J connectivity index is 0.000000518. The molecule has 238 valence electrons. The minimum atomic E-state index is -4.65. The van der Waals surface area contributed by atoms with E-state index < -0.39 is 17.8 Å². The summed E-state index contributed by atoms with van der Waals surface area (Å²) in [5.74, 6) is -0.346. The molecule has 2 aliphatic rings. The summed E-state index contributed by atoms with van der Waals surface area (Å²) >= 11 is 1.20. The maximum Gasteiger partial charge on any atom is 0.422 e. The maximum atomic E-state index is 14.2. The Morgan fingerprint density at radius 1 is 1.09 bits per heavy atom. The van der Waals surface area contributed by atoms with Crippen LogP contribution in [0.4, 0.5) is 13.2 Å². The van der Waals surface area contributed by atoms with E-state index in [9.17, 15) is 18.3 Å². The number of aromatic nitrogens is 2. The number of aliphatic hydroxyl groups is 1. The number of aryl methyl sites for hydroxylation is 2. The highest BCUT2D eigenvalue weighted by Gasteiger charge is 2.42. The van der Waals surface area contributed by atoms with Crippen molar-refractivity contribution in [1.29, 1.82) is 0 Å². The lowest BCUT2D eigenvalue weighted by atomic mass is 9.91. The molecule has 3 heterocycles. The summed E-state index contributed by atoms with van der Waals surface area (Å²) in [7, 11) is 1.45. The monoisotopic (exact) mass is 638 g/mol. The van der Waals surface area contributed by atoms with Gasteiger partial charge in [0, 0.05) is 18.8 Å². The Bertz CT molecular complexity index is 1570. The third-order valence-electron chi connectivity index (χ3n) is 7.48. The van der Waals surface area contributed by atoms with E-state index in [0.29, 0.717) is 24.9 Å². The molecule has 1 fully saturated rings. The van der Waals surface area contributed by atoms with Gasteiger partial charge in [0.05, 0.1) is 16.7 Å². The van der Waals surface area contributed by atoms with Gasteiger partial charge in [-0.3, -0.25) is 0 Å². The first-order valence-corrected chi connectivity index (χ1v) is 15.4. The Hall–Kier alpha value is -4.06. The van der Waals surface area contributed by atoms with E-state index in [0.717, 1.165) is 40.4 Å². The molecular formula is C34H37F3N4O3S. The average molecular weight is 639 g/mol. The Morgan fingerprint density at radius 3 is 2.40 bits per heavy atom. The number of hydrogen-bond donors (Lipinski definition) is 1. The zero-order valence-electron chi connectivity index (χ0n) is 25.2. The summed E-state index contributed by atoms with van der Waals surface area (Å²) in [6.45, 7) is 12.4. The second kappa shape index (κ2) is 15.8. The second-order valence-electron chi connectivity index (χ2n) is 10.5. The van der Waals surface area contributed by atoms with Crippen LogP contribution in [0.15, 0.2) is 83.5 Å². The fraction of sp³-hybridized carbons (Fsp3) is 0.324. The number of likely N-dealkylation sites (tertiary alicyclic amines) is 1. The van der Waals surface area contributed by atoms with Crippen molar-refractivity contribution in [3.05, 3.63) is 96.2 Å². The summed E-state index contributed by atoms with van der Waals surface area (Å²) in [6, 6.07) is 14.2. The minimum Gasteiger partial charge on any atom is -0.400 e. The molecule has 11 heteroatoms. The van der Waals surface area contributed by atoms with E-state index in [-0.39, 0.29) is 16.5 Å². The largest absolute Gasteiger partial charge is 0.422 e. The number of benzene rings is 2. The second-order valence-corrected chi connectivity index (χ2v) is 11.5. The molecule has 4 aromatic rings. The van der Waals surface area contributed by atoms with Crippen LogP contribution >= 0.6 is 11.3 Å². The van der Waals surface area contributed by atoms with E-state index in [1.165, 1.54) is 37.7 Å². The third-order valence-corrected chi connectivity index (χ3v) is 8.61. The normalized spacial score (nSPS) is 14.8. The third kappa shape index (κ3) is 8.36. The molecule has 6 rings (SSSR count). The number of alkyl halides is 3. The van der Waals surface area contributed by atoms with Crippen LogP contribution in [0.3, 0.4) is 0 Å². The summed E-state index contributed by atoms with van der Waals surface area (Å²) < 4.78 is 47.8. The number of rotatable bonds is 7. The number of hydrogen-bond acceptors (Lipinski definition) is 8. The number of halogens is 3. The van der Waals surface area contributed by atoms with Crippen molar-refractivity contribution in [2.75, 3.05) is 26.7 Å². The zero-order valence-corrected chi connectivity index (χ0v) is 26.0. The molecule has 1 unspecified atom stereocenters. The molecule has 1 aliphatic heterocycles. The van der Waals surface area contributed by atoms with Gasteiger partial charge < -0.3 is 19.4 Å². The van der Waals surface area contributed by atoms with Crippen LogP contribution in [-0.4, -0.2) is 53.6 Å². The zero-order chi connectivity index (χ0) is 32.4. The van der Waals surface area contributed by atoms with E-state index in [2.05, 4.69) is 44.9 Å². The number of piperidine rings is 1. The fourth-order valence-electron chi connectivity index (χ4n) is 5.32. The van der Waals surface area contributed by atoms with Crippen molar-refractivity contribution < 1.29 is 27.6 Å². The first-order valence-electron chi connectivity index (χ1n) is 14.6. The number of fused-ring (bicyclic) bond motifs is 3. The van der Waals surface area contributed by atoms with Crippen molar-refractivity contribution >= 4 is 18.1 Å². The van der Waals surface area contributed by atoms with Gasteiger partial charge in [0.2, 0.25) is 5.76 Å². The number of thiazole rings is 1. The van der Waals surface area contributed by atoms with Crippen LogP contribution < -0.4 is 0 Å². The quantitative estimate of drug-likeness (QED) is 0.124. The van der Waals surface area contributed by atoms with Gasteiger partial charge in [0.15, 0.2) is 5.01 Å². The number of β-amino-alcohol motifs (C(OH)–C–C–N with tert-alkyl or cyclic N) is 1. The molecular weight excluding hydrogens is 601 g/mol. The van der Waals surface area contributed by atoms with Crippen LogP contribution in [0.1, 0.15) is 47.8 Å². The van der Waals surface area contributed by atoms with Gasteiger partial charge >= 0.3 is 6.18 Å². The topological polar surface area (TPSA) is 84.0 Å². The van der Waals surface area contributed by atoms with Gasteiger partial charge in [-0.15, -0.1) is 16.5 Å². The van der Waals surface area contributed by atoms with Crippen LogP contribution in [0.25, 0.3) is 32.5 Å². The highest BCUT2D eigenvalue weighted by Crippen LogP contribution is 2.47. The van der Waals surface area contributed by atoms with E-state index in [1.54, 1.807) is 42.5 Å². The molecule has 0 amide bonds. The molecule has 0 bridgehead atoms. The van der Waals surface area contributed by atoms with Crippen molar-refractivity contribution in [3.8, 4) is 32.5 Å². The highest BCUT2D eigenvalue weighted by atomic mass is 32.1. The fourth-order valence-corrected chi connectivity index (χ4v) is 6.47. The lowest BCUT2D eigenvalue weighted by Crippen LogP contribution is -2.33. The molecule has 0 saturated carbocycles. The van der Waals surface area contributed by atoms with Crippen molar-refractivity contribution in [2.45, 2.75) is 44.4 Å². The number of oxime groups is 1. The molecule has 2 aromatic carbocycles. The SMILES string of the molecule is C=CC=C.C=NOC.OC(CN1CCCCC1)c1ccc2c(c1)CCc1nc(-c3onc(-c4ccccc4)c3C(F)(F)F)sc1-2. The molecule has 0 spiro atoms. The number of allylic oxidation sites excluding steroid dienone is 2. The Labute approximate surface area is 265 Å². The molecule has 1 saturated heterocycles. The first-order chi connectivity index (χ1) is 21.7. The van der Waals surface area contributed by atoms with E-state index >= 15 is 0 Å². The first kappa shape index (κ1) is 33.8. The Morgan fingerprint density at radius 2 is 1.78 bits per heavy atom. The maximum absolute atomic E-state index is 14.2. The summed E-state index contributed by atoms with van der Waals surface area (Å²) in [4.78, 5) is 11.8. The number of aliphatic hydroxyl groups excluding tert-OH is 1. The summed E-state index contributed by atoms with van der Waals surface area (Å²) in [6.07, 6.45) is 2.98. The standard InChI is InChI=1S/C28H26F3N3O2S.C4H6.C2H5NO/c29-28(30,31)23-24(17-7-3-1-4-8-17)33-36-25(23)27-32-21-12-10-18-15-19(9-11-20(18)26(21)37-27)22(35)16-34-13-5-2-6-14-34;2*1-3-4-2/h1,3-4,7-9,11,15,22,35H,2,5-6,10,12-14,16H2;3-4H,1-2H2;1H2,2H3. The van der Waals surface area contributed by atoms with Crippen LogP contribution in [0.2, 0.25) is 0 Å². The molecule has 7 nitrogen and oxygen atoms in total. The summed E-state index contributed by atoms with van der Waals surface area (Å²) in [5.41, 5.74) is 2.88. The van der Waals surface area contributed by atoms with Crippen LogP contribution in [-0.2, 0) is 23.9 Å². The van der Waals surface area contributed by atoms with Crippen LogP contribution in [0, 0.1) is 0 Å². The molecule has 0 radical (unpaired) electrons. The molecule has 2 aromatic heterocycles. The van der Waals surface area contributed by atoms with E-state index in [4.69, 9.17) is 4.52 Å². The van der Waals surface area contributed by atoms with Gasteiger partial charge in [-0.05, 0) is 55.5 Å². The van der Waals surface area contributed by atoms with Gasteiger partial charge in [0.25, 0.3) is 0 Å². The smallest absolute Gasteiger partial charge is 0.400 e.